The molecule has 6 heteroatoms. The van der Waals surface area contributed by atoms with Crippen molar-refractivity contribution < 1.29 is 22.8 Å². The molecule has 0 saturated heterocycles. The monoisotopic (exact) mass is 382 g/mol. The lowest BCUT2D eigenvalue weighted by Gasteiger charge is -2.33. The summed E-state index contributed by atoms with van der Waals surface area (Å²) >= 11 is 0. The molecule has 0 aliphatic rings. The minimum Gasteiger partial charge on any atom is -0.458 e. The first-order valence-corrected chi connectivity index (χ1v) is 11.5. The van der Waals surface area contributed by atoms with Crippen LogP contribution in [0.1, 0.15) is 58.9 Å². The summed E-state index contributed by atoms with van der Waals surface area (Å²) in [5, 5.41) is 0. The average molecular weight is 383 g/mol. The molecule has 26 heavy (non-hydrogen) atoms. The van der Waals surface area contributed by atoms with Crippen LogP contribution >= 0.6 is 0 Å². The van der Waals surface area contributed by atoms with Gasteiger partial charge in [-0.3, -0.25) is 4.79 Å². The van der Waals surface area contributed by atoms with Gasteiger partial charge in [0.05, 0.1) is 0 Å². The molecule has 1 aromatic carbocycles. The number of rotatable bonds is 14. The molecule has 0 aliphatic heterocycles. The topological polar surface area (TPSA) is 54.0 Å². The largest absolute Gasteiger partial charge is 0.543 e. The van der Waals surface area contributed by atoms with E-state index >= 15 is 0 Å². The van der Waals surface area contributed by atoms with Crippen LogP contribution in [0.25, 0.3) is 0 Å². The Morgan fingerprint density at radius 3 is 1.88 bits per heavy atom. The SMILES string of the molecule is CCCO[Si](OCCC)(OCCC)C(C)OC(=O)CCc1ccccc1. The first-order valence-electron chi connectivity index (χ1n) is 9.73. The van der Waals surface area contributed by atoms with Crippen LogP contribution in [0.3, 0.4) is 0 Å². The highest BCUT2D eigenvalue weighted by molar-refractivity contribution is 6.62. The van der Waals surface area contributed by atoms with Gasteiger partial charge in [0.25, 0.3) is 0 Å². The van der Waals surface area contributed by atoms with Crippen LogP contribution in [0.4, 0.5) is 0 Å². The van der Waals surface area contributed by atoms with Gasteiger partial charge in [0.15, 0.2) is 5.73 Å². The van der Waals surface area contributed by atoms with E-state index in [1.54, 1.807) is 0 Å². The molecule has 0 N–H and O–H groups in total. The fourth-order valence-corrected chi connectivity index (χ4v) is 5.13. The van der Waals surface area contributed by atoms with Crippen LogP contribution in [-0.4, -0.2) is 40.3 Å². The molecule has 5 nitrogen and oxygen atoms in total. The first kappa shape index (κ1) is 22.8. The molecule has 0 fully saturated rings. The fraction of sp³-hybridized carbons (Fsp3) is 0.650. The second kappa shape index (κ2) is 13.0. The zero-order valence-electron chi connectivity index (χ0n) is 16.7. The van der Waals surface area contributed by atoms with Gasteiger partial charge in [-0.1, -0.05) is 51.1 Å². The summed E-state index contributed by atoms with van der Waals surface area (Å²) < 4.78 is 23.8. The summed E-state index contributed by atoms with van der Waals surface area (Å²) in [7, 11) is -3.08. The highest BCUT2D eigenvalue weighted by Gasteiger charge is 2.50. The van der Waals surface area contributed by atoms with Crippen molar-refractivity contribution in [2.75, 3.05) is 19.8 Å². The van der Waals surface area contributed by atoms with Crippen molar-refractivity contribution in [1.29, 1.82) is 0 Å². The van der Waals surface area contributed by atoms with Crippen molar-refractivity contribution in [2.45, 2.75) is 65.5 Å². The maximum atomic E-state index is 12.3. The summed E-state index contributed by atoms with van der Waals surface area (Å²) in [6, 6.07) is 9.92. The molecule has 0 amide bonds. The molecular formula is C20H34O5Si. The number of hydrogen-bond acceptors (Lipinski definition) is 5. The quantitative estimate of drug-likeness (QED) is 0.354. The predicted molar refractivity (Wildman–Crippen MR) is 105 cm³/mol. The molecule has 0 heterocycles. The van der Waals surface area contributed by atoms with Crippen molar-refractivity contribution in [3.8, 4) is 0 Å². The van der Waals surface area contributed by atoms with Gasteiger partial charge in [-0.05, 0) is 38.2 Å². The van der Waals surface area contributed by atoms with Gasteiger partial charge in [0, 0.05) is 26.2 Å². The third-order valence-corrected chi connectivity index (χ3v) is 6.72. The fourth-order valence-electron chi connectivity index (χ4n) is 2.43. The van der Waals surface area contributed by atoms with Gasteiger partial charge >= 0.3 is 14.8 Å². The minimum atomic E-state index is -3.08. The molecule has 1 atom stereocenters. The van der Waals surface area contributed by atoms with E-state index in [-0.39, 0.29) is 5.97 Å². The van der Waals surface area contributed by atoms with Gasteiger partial charge in [-0.2, -0.15) is 0 Å². The molecule has 0 aromatic heterocycles. The Labute approximate surface area is 159 Å². The number of ether oxygens (including phenoxy) is 1. The van der Waals surface area contributed by atoms with Crippen molar-refractivity contribution in [2.24, 2.45) is 0 Å². The number of aryl methyl sites for hydroxylation is 1. The molecule has 1 unspecified atom stereocenters. The number of carbonyl (C=O) groups excluding carboxylic acids is 1. The van der Waals surface area contributed by atoms with E-state index < -0.39 is 14.5 Å². The highest BCUT2D eigenvalue weighted by atomic mass is 28.4. The van der Waals surface area contributed by atoms with Crippen molar-refractivity contribution in [3.63, 3.8) is 0 Å². The summed E-state index contributed by atoms with van der Waals surface area (Å²) in [6.07, 6.45) is 3.55. The Kier molecular flexibility index (Phi) is 11.4. The van der Waals surface area contributed by atoms with Gasteiger partial charge in [-0.15, -0.1) is 0 Å². The maximum absolute atomic E-state index is 12.3. The second-order valence-corrected chi connectivity index (χ2v) is 9.15. The number of benzene rings is 1. The van der Waals surface area contributed by atoms with Crippen molar-refractivity contribution in [3.05, 3.63) is 35.9 Å². The smallest absolute Gasteiger partial charge is 0.458 e. The first-order chi connectivity index (χ1) is 12.6. The van der Waals surface area contributed by atoms with Crippen molar-refractivity contribution in [1.82, 2.24) is 0 Å². The summed E-state index contributed by atoms with van der Waals surface area (Å²) in [5.74, 6) is -0.251. The Morgan fingerprint density at radius 1 is 0.923 bits per heavy atom. The Morgan fingerprint density at radius 2 is 1.42 bits per heavy atom. The normalized spacial score (nSPS) is 12.8. The van der Waals surface area contributed by atoms with E-state index in [9.17, 15) is 4.79 Å². The van der Waals surface area contributed by atoms with E-state index in [4.69, 9.17) is 18.0 Å². The van der Waals surface area contributed by atoms with Crippen molar-refractivity contribution >= 4 is 14.8 Å². The second-order valence-electron chi connectivity index (χ2n) is 6.27. The average Bonchev–Trinajstić information content (AvgIpc) is 2.67. The summed E-state index contributed by atoms with van der Waals surface area (Å²) in [6.45, 7) is 9.54. The third-order valence-electron chi connectivity index (χ3n) is 3.79. The molecule has 0 bridgehead atoms. The Hall–Kier alpha value is -1.21. The van der Waals surface area contributed by atoms with E-state index in [0.29, 0.717) is 32.7 Å². The standard InChI is InChI=1S/C20H34O5Si/c1-5-15-22-26(23-16-6-2,24-17-7-3)18(4)25-20(21)14-13-19-11-9-8-10-12-19/h8-12,18H,5-7,13-17H2,1-4H3. The van der Waals surface area contributed by atoms with Gasteiger partial charge < -0.3 is 18.0 Å². The van der Waals surface area contributed by atoms with Gasteiger partial charge in [-0.25, -0.2) is 0 Å². The molecule has 1 aromatic rings. The molecule has 0 saturated carbocycles. The molecule has 1 rings (SSSR count). The van der Waals surface area contributed by atoms with E-state index in [0.717, 1.165) is 24.8 Å². The molecule has 0 radical (unpaired) electrons. The van der Waals surface area contributed by atoms with Crippen LogP contribution in [0.5, 0.6) is 0 Å². The molecule has 0 aliphatic carbocycles. The Balaban J connectivity index is 2.70. The third kappa shape index (κ3) is 7.99. The van der Waals surface area contributed by atoms with Crippen LogP contribution in [0.2, 0.25) is 0 Å². The molecule has 148 valence electrons. The van der Waals surface area contributed by atoms with E-state index in [1.807, 2.05) is 58.0 Å². The lowest BCUT2D eigenvalue weighted by molar-refractivity contribution is -0.148. The van der Waals surface area contributed by atoms with Crippen LogP contribution < -0.4 is 0 Å². The minimum absolute atomic E-state index is 0.251. The van der Waals surface area contributed by atoms with E-state index in [2.05, 4.69) is 0 Å². The van der Waals surface area contributed by atoms with Gasteiger partial charge in [0.1, 0.15) is 0 Å². The lowest BCUT2D eigenvalue weighted by atomic mass is 10.1. The van der Waals surface area contributed by atoms with Crippen LogP contribution in [0, 0.1) is 0 Å². The number of carbonyl (C=O) groups is 1. The zero-order valence-corrected chi connectivity index (χ0v) is 17.7. The van der Waals surface area contributed by atoms with Gasteiger partial charge in [0.2, 0.25) is 0 Å². The Bertz CT molecular complexity index is 472. The van der Waals surface area contributed by atoms with Crippen LogP contribution in [-0.2, 0) is 29.2 Å². The zero-order chi connectivity index (χ0) is 19.3. The molecule has 0 spiro atoms. The summed E-state index contributed by atoms with van der Waals surface area (Å²) in [4.78, 5) is 12.3. The molecular weight excluding hydrogens is 348 g/mol. The lowest BCUT2D eigenvalue weighted by Crippen LogP contribution is -2.57. The summed E-state index contributed by atoms with van der Waals surface area (Å²) in [5.41, 5.74) is 0.600. The predicted octanol–water partition coefficient (Wildman–Crippen LogP) is 4.31. The number of hydrogen-bond donors (Lipinski definition) is 0. The highest BCUT2D eigenvalue weighted by Crippen LogP contribution is 2.20. The maximum Gasteiger partial charge on any atom is 0.543 e. The van der Waals surface area contributed by atoms with E-state index in [1.165, 1.54) is 0 Å². The van der Waals surface area contributed by atoms with Crippen LogP contribution in [0.15, 0.2) is 30.3 Å². The number of esters is 1.